The average molecular weight is 1100 g/mol. The van der Waals surface area contributed by atoms with E-state index in [1.165, 1.54) is 63.9 Å². The Balaban J connectivity index is 0.000000439. The van der Waals surface area contributed by atoms with Crippen LogP contribution in [0.5, 0.6) is 17.2 Å². The molecule has 4 bridgehead atoms. The molecule has 1 aromatic heterocycles. The number of benzene rings is 3. The van der Waals surface area contributed by atoms with Crippen LogP contribution in [0.2, 0.25) is 0 Å². The lowest BCUT2D eigenvalue weighted by molar-refractivity contribution is -0.160. The first-order valence-electron chi connectivity index (χ1n) is 26.0. The van der Waals surface area contributed by atoms with Gasteiger partial charge in [0.05, 0.1) is 45.8 Å². The first-order valence-corrected chi connectivity index (χ1v) is 27.4. The summed E-state index contributed by atoms with van der Waals surface area (Å²) in [5.41, 5.74) is 5.41. The van der Waals surface area contributed by atoms with E-state index >= 15 is 0 Å². The zero-order chi connectivity index (χ0) is 57.2. The average Bonchev–Trinajstić information content (AvgIpc) is 4.09. The number of carbonyl (C=O) groups is 3. The lowest BCUT2D eigenvalue weighted by Gasteiger charge is -2.38. The molecule has 21 nitrogen and oxygen atoms in total. The minimum absolute atomic E-state index is 0.0318. The third kappa shape index (κ3) is 12.2. The molecule has 420 valence electrons. The van der Waals surface area contributed by atoms with Crippen molar-refractivity contribution in [2.45, 2.75) is 123 Å². The molecule has 1 fully saturated rings. The van der Waals surface area contributed by atoms with Crippen LogP contribution in [0.25, 0.3) is 10.8 Å². The van der Waals surface area contributed by atoms with Crippen molar-refractivity contribution >= 4 is 55.8 Å². The molecule has 0 radical (unpaired) electrons. The fourth-order valence-electron chi connectivity index (χ4n) is 10.4. The highest BCUT2D eigenvalue weighted by Crippen LogP contribution is 2.50. The number of carbonyl (C=O) groups excluding carboxylic acids is 3. The number of piperidine rings is 1. The number of nitrogens with two attached hydrogens (primary N) is 1. The van der Waals surface area contributed by atoms with E-state index in [2.05, 4.69) is 38.8 Å². The van der Waals surface area contributed by atoms with Crippen LogP contribution >= 0.6 is 0 Å². The van der Waals surface area contributed by atoms with E-state index in [4.69, 9.17) is 34.7 Å². The number of amides is 1. The molecule has 1 spiro atoms. The topological polar surface area (TPSA) is 307 Å². The molecule has 0 unspecified atom stereocenters. The Morgan fingerprint density at radius 2 is 1.58 bits per heavy atom. The molecule has 1 saturated heterocycles. The monoisotopic (exact) mass is 1100 g/mol. The lowest BCUT2D eigenvalue weighted by atomic mass is 9.78. The number of aliphatic hydroxyl groups is 2. The molecule has 1 amide bonds. The van der Waals surface area contributed by atoms with Gasteiger partial charge < -0.3 is 55.3 Å². The Morgan fingerprint density at radius 3 is 2.19 bits per heavy atom. The maximum absolute atomic E-state index is 14.7. The van der Waals surface area contributed by atoms with Gasteiger partial charge in [-0.1, -0.05) is 59.8 Å². The maximum atomic E-state index is 14.7. The van der Waals surface area contributed by atoms with Crippen LogP contribution in [0.4, 0.5) is 17.3 Å². The summed E-state index contributed by atoms with van der Waals surface area (Å²) in [6, 6.07) is 7.46. The van der Waals surface area contributed by atoms with Gasteiger partial charge in [0.15, 0.2) is 11.4 Å². The molecular weight excluding hydrogens is 1020 g/mol. The highest BCUT2D eigenvalue weighted by Gasteiger charge is 2.50. The van der Waals surface area contributed by atoms with E-state index < -0.39 is 93.0 Å². The number of aliphatic hydroxyl groups excluding tert-OH is 2. The number of aromatic nitrogens is 2. The number of allylic oxidation sites excluding steroid dienone is 2. The molecule has 8 rings (SSSR count). The van der Waals surface area contributed by atoms with Crippen LogP contribution in [0.15, 0.2) is 93.7 Å². The lowest BCUT2D eigenvalue weighted by Crippen LogP contribution is -2.46. The smallest absolute Gasteiger partial charge is 0.312 e. The number of sulfonamides is 1. The van der Waals surface area contributed by atoms with Crippen LogP contribution in [-0.4, -0.2) is 124 Å². The van der Waals surface area contributed by atoms with E-state index in [0.717, 1.165) is 6.54 Å². The number of nitrogen functional groups attached to an aromatic ring is 1. The number of methoxy groups -OCH3 is 1. The van der Waals surface area contributed by atoms with Gasteiger partial charge in [-0.3, -0.25) is 24.4 Å². The third-order valence-corrected chi connectivity index (χ3v) is 16.2. The van der Waals surface area contributed by atoms with E-state index in [-0.39, 0.29) is 66.2 Å². The molecule has 0 saturated carbocycles. The number of hydrogen-bond donors (Lipinski definition) is 7. The highest BCUT2D eigenvalue weighted by molar-refractivity contribution is 7.92. The van der Waals surface area contributed by atoms with Crippen molar-refractivity contribution in [1.29, 1.82) is 0 Å². The Kier molecular flexibility index (Phi) is 17.7. The fourth-order valence-corrected chi connectivity index (χ4v) is 11.3. The molecule has 78 heavy (non-hydrogen) atoms. The molecule has 0 aliphatic carbocycles. The minimum Gasteiger partial charge on any atom is -0.507 e. The number of esters is 1. The van der Waals surface area contributed by atoms with Crippen molar-refractivity contribution in [3.8, 4) is 17.2 Å². The second-order valence-electron chi connectivity index (χ2n) is 21.2. The molecule has 3 aromatic carbocycles. The summed E-state index contributed by atoms with van der Waals surface area (Å²) in [6.45, 7) is 19.5. The zero-order valence-corrected chi connectivity index (χ0v) is 46.7. The quantitative estimate of drug-likeness (QED) is 0.0672. The van der Waals surface area contributed by atoms with Crippen molar-refractivity contribution in [1.82, 2.24) is 14.9 Å². The van der Waals surface area contributed by atoms with Gasteiger partial charge >= 0.3 is 11.8 Å². The molecular formula is C56H72N8O13S. The van der Waals surface area contributed by atoms with Crippen LogP contribution in [-0.2, 0) is 33.8 Å². The Hall–Kier alpha value is -6.98. The Morgan fingerprint density at radius 1 is 0.936 bits per heavy atom. The summed E-state index contributed by atoms with van der Waals surface area (Å²) in [7, 11) is -2.19. The number of nitrogens with zero attached hydrogens (tertiary/aromatic N) is 5. The summed E-state index contributed by atoms with van der Waals surface area (Å²) < 4.78 is 50.0. The maximum Gasteiger partial charge on any atom is 0.312 e. The predicted octanol–water partition coefficient (Wildman–Crippen LogP) is 5.61. The van der Waals surface area contributed by atoms with Crippen molar-refractivity contribution in [3.05, 3.63) is 101 Å². The van der Waals surface area contributed by atoms with Gasteiger partial charge in [0.25, 0.3) is 21.7 Å². The summed E-state index contributed by atoms with van der Waals surface area (Å²) in [4.78, 5) is 61.3. The molecule has 5 heterocycles. The number of phenols is 2. The molecule has 4 aliphatic heterocycles. The number of fused-ring (bicyclic) bond motifs is 1. The van der Waals surface area contributed by atoms with Crippen molar-refractivity contribution in [2.24, 2.45) is 39.6 Å². The van der Waals surface area contributed by atoms with E-state index in [1.54, 1.807) is 71.9 Å². The van der Waals surface area contributed by atoms with E-state index in [0.29, 0.717) is 37.5 Å². The standard InChI is InChI=1S/C46H62N4O11.C10H10N4O2S/c1-22(2)21-50-18-16-46(17-19-50)48-34-31-32-39(54)28(8)42-33(31)43(56)45(10,61-42)59-20-15-30(58-11)25(5)41(60-29(9)51)27(7)38(53)26(6)37(52)23(3)13-12-14-24(4)44(57)47-36(40(32)55)35(34)49-46;11-8-2-4-9(5-3-8)17(15,16)14-10-12-6-1-7-13-10/h12-15,20,22-23,25-27,30,37-38,41,52-55H,16-19,21H2,1-11H3,(H,47,57);1-7H,11H2,(H,12,13,14)/b13-12-,20-15-,24-14+;/t23-,25+,26+,27-,30-,37-,38+,41-,45-;/m0./s1. The van der Waals surface area contributed by atoms with Crippen molar-refractivity contribution < 1.29 is 62.2 Å². The van der Waals surface area contributed by atoms with Gasteiger partial charge in [-0.25, -0.2) is 23.1 Å². The van der Waals surface area contributed by atoms with Crippen molar-refractivity contribution in [2.75, 3.05) is 42.5 Å². The number of ether oxygens (including phenoxy) is 4. The number of nitrogens with one attached hydrogen (secondary N) is 2. The van der Waals surface area contributed by atoms with E-state index in [9.17, 15) is 43.2 Å². The normalized spacial score (nSPS) is 27.9. The van der Waals surface area contributed by atoms with Gasteiger partial charge in [0.2, 0.25) is 5.95 Å². The number of rotatable bonds is 7. The summed E-state index contributed by atoms with van der Waals surface area (Å²) in [5, 5.41) is 50.2. The van der Waals surface area contributed by atoms with E-state index in [1.807, 2.05) is 0 Å². The second-order valence-corrected chi connectivity index (χ2v) is 22.9. The summed E-state index contributed by atoms with van der Waals surface area (Å²) in [5.74, 6) is -6.41. The number of phenolic OH excluding ortho intramolecular Hbond substituents is 2. The van der Waals surface area contributed by atoms with Gasteiger partial charge in [-0.2, -0.15) is 0 Å². The van der Waals surface area contributed by atoms with Crippen LogP contribution in [0.3, 0.4) is 0 Å². The first-order chi connectivity index (χ1) is 36.7. The number of Topliss-reactive ketones (excluding diaryl/α,β-unsaturated/α-hetero) is 1. The Bertz CT molecular complexity index is 3250. The Labute approximate surface area is 454 Å². The molecule has 4 aliphatic rings. The SMILES string of the molecule is CO[C@H]1/C=C\O[C@@]2(C)Oc3c(C)c(O)c4c(O)c(c5c(c4c3C2=O)=NC2(CCN(CC(C)C)CC2)N=5)NC(=O)/C(C)=C/C=C\[C@H](C)[C@H](O)[C@@H](C)[C@@H](O)[C@H](C)[C@@H](OC(C)=O)[C@@H]1C.Nc1ccc(S(=O)(=O)Nc2ncccn2)cc1. The third-order valence-electron chi connectivity index (χ3n) is 14.9. The number of anilines is 3. The molecule has 4 aromatic rings. The zero-order valence-electron chi connectivity index (χ0n) is 45.8. The van der Waals surface area contributed by atoms with Crippen LogP contribution in [0.1, 0.15) is 91.1 Å². The first kappa shape index (κ1) is 58.7. The van der Waals surface area contributed by atoms with Gasteiger partial charge in [0, 0.05) is 112 Å². The second kappa shape index (κ2) is 23.5. The number of aromatic hydroxyl groups is 2. The number of likely N-dealkylation sites (tertiary alicyclic amines) is 1. The van der Waals surface area contributed by atoms with Gasteiger partial charge in [0.1, 0.15) is 28.6 Å². The van der Waals surface area contributed by atoms with Gasteiger partial charge in [-0.15, -0.1) is 0 Å². The van der Waals surface area contributed by atoms with Crippen LogP contribution in [0, 0.1) is 36.5 Å². The van der Waals surface area contributed by atoms with Crippen LogP contribution < -0.4 is 31.2 Å². The summed E-state index contributed by atoms with van der Waals surface area (Å²) in [6.07, 6.45) is 7.94. The van der Waals surface area contributed by atoms with Gasteiger partial charge in [-0.05, 0) is 56.2 Å². The molecule has 22 heteroatoms. The van der Waals surface area contributed by atoms with Crippen molar-refractivity contribution in [3.63, 3.8) is 0 Å². The summed E-state index contributed by atoms with van der Waals surface area (Å²) >= 11 is 0. The largest absolute Gasteiger partial charge is 0.507 e. The fraction of sp³-hybridized carbons (Fsp3) is 0.482. The molecule has 9 atom stereocenters. The molecule has 8 N–H and O–H groups in total. The minimum atomic E-state index is -3.66. The highest BCUT2D eigenvalue weighted by atomic mass is 32.2. The number of hydrogen-bond acceptors (Lipinski definition) is 19. The number of ketones is 1. The predicted molar refractivity (Wildman–Crippen MR) is 291 cm³/mol.